The molecule has 1 fully saturated rings. The first-order valence-electron chi connectivity index (χ1n) is 6.32. The van der Waals surface area contributed by atoms with Crippen molar-refractivity contribution in [1.82, 2.24) is 9.55 Å². The molecule has 1 saturated carbocycles. The second-order valence-corrected chi connectivity index (χ2v) is 5.81. The minimum atomic E-state index is -0.219. The molecule has 0 amide bonds. The molecule has 0 unspecified atom stereocenters. The van der Waals surface area contributed by atoms with Gasteiger partial charge in [-0.15, -0.1) is 11.6 Å². The quantitative estimate of drug-likeness (QED) is 0.765. The van der Waals surface area contributed by atoms with Gasteiger partial charge in [0.15, 0.2) is 0 Å². The first-order chi connectivity index (χ1) is 8.61. The topological polar surface area (TPSA) is 17.8 Å². The molecule has 1 aromatic heterocycles. The highest BCUT2D eigenvalue weighted by Gasteiger charge is 2.33. The lowest BCUT2D eigenvalue weighted by Gasteiger charge is -2.39. The van der Waals surface area contributed by atoms with Gasteiger partial charge in [0.25, 0.3) is 0 Å². The highest BCUT2D eigenvalue weighted by molar-refractivity contribution is 6.16. The maximum atomic E-state index is 13.4. The van der Waals surface area contributed by atoms with E-state index in [-0.39, 0.29) is 5.82 Å². The van der Waals surface area contributed by atoms with Gasteiger partial charge in [-0.1, -0.05) is 13.3 Å². The molecule has 0 spiro atoms. The fraction of sp³-hybridized carbons (Fsp3) is 0.500. The van der Waals surface area contributed by atoms with Crippen LogP contribution in [-0.2, 0) is 12.4 Å². The minimum Gasteiger partial charge on any atom is -0.326 e. The van der Waals surface area contributed by atoms with Crippen molar-refractivity contribution >= 4 is 22.6 Å². The SMILES string of the molecule is CC1(Cn2c(CCl)nc3ccc(F)cc32)CCC1. The van der Waals surface area contributed by atoms with Gasteiger partial charge in [0.2, 0.25) is 0 Å². The highest BCUT2D eigenvalue weighted by atomic mass is 35.5. The summed E-state index contributed by atoms with van der Waals surface area (Å²) in [5.74, 6) is 0.987. The second kappa shape index (κ2) is 4.23. The molecule has 0 N–H and O–H groups in total. The maximum absolute atomic E-state index is 13.4. The molecule has 2 nitrogen and oxygen atoms in total. The molecule has 1 aliphatic rings. The molecule has 2 aromatic rings. The van der Waals surface area contributed by atoms with Crippen molar-refractivity contribution in [2.75, 3.05) is 0 Å². The van der Waals surface area contributed by atoms with Crippen LogP contribution in [0.2, 0.25) is 0 Å². The number of hydrogen-bond donors (Lipinski definition) is 0. The Labute approximate surface area is 111 Å². The number of halogens is 2. The summed E-state index contributed by atoms with van der Waals surface area (Å²) in [6.45, 7) is 3.16. The van der Waals surface area contributed by atoms with E-state index in [0.717, 1.165) is 23.4 Å². The Morgan fingerprint density at radius 2 is 2.22 bits per heavy atom. The first-order valence-corrected chi connectivity index (χ1v) is 6.85. The zero-order chi connectivity index (χ0) is 12.8. The van der Waals surface area contributed by atoms with Gasteiger partial charge < -0.3 is 4.57 Å². The fourth-order valence-corrected chi connectivity index (χ4v) is 2.95. The number of nitrogens with zero attached hydrogens (tertiary/aromatic N) is 2. The third kappa shape index (κ3) is 1.91. The summed E-state index contributed by atoms with van der Waals surface area (Å²) in [4.78, 5) is 4.48. The van der Waals surface area contributed by atoms with E-state index in [0.29, 0.717) is 11.3 Å². The van der Waals surface area contributed by atoms with Gasteiger partial charge in [0, 0.05) is 6.54 Å². The average molecular weight is 267 g/mol. The number of benzene rings is 1. The molecule has 4 heteroatoms. The highest BCUT2D eigenvalue weighted by Crippen LogP contribution is 2.42. The van der Waals surface area contributed by atoms with Crippen LogP contribution in [0.25, 0.3) is 11.0 Å². The Bertz CT molecular complexity index is 587. The van der Waals surface area contributed by atoms with Crippen LogP contribution >= 0.6 is 11.6 Å². The third-order valence-corrected chi connectivity index (χ3v) is 4.25. The number of hydrogen-bond acceptors (Lipinski definition) is 1. The van der Waals surface area contributed by atoms with Crippen LogP contribution in [-0.4, -0.2) is 9.55 Å². The fourth-order valence-electron chi connectivity index (χ4n) is 2.74. The lowest BCUT2D eigenvalue weighted by atomic mass is 9.70. The minimum absolute atomic E-state index is 0.219. The summed E-state index contributed by atoms with van der Waals surface area (Å²) in [6, 6.07) is 4.73. The second-order valence-electron chi connectivity index (χ2n) is 5.55. The smallest absolute Gasteiger partial charge is 0.125 e. The monoisotopic (exact) mass is 266 g/mol. The molecular formula is C14H16ClFN2. The van der Waals surface area contributed by atoms with Crippen molar-refractivity contribution in [3.63, 3.8) is 0 Å². The third-order valence-electron chi connectivity index (χ3n) is 4.01. The van der Waals surface area contributed by atoms with E-state index in [1.807, 2.05) is 0 Å². The summed E-state index contributed by atoms with van der Waals surface area (Å²) in [5, 5.41) is 0. The Kier molecular flexibility index (Phi) is 2.81. The van der Waals surface area contributed by atoms with Crippen molar-refractivity contribution in [1.29, 1.82) is 0 Å². The van der Waals surface area contributed by atoms with Gasteiger partial charge in [0.05, 0.1) is 16.9 Å². The van der Waals surface area contributed by atoms with Gasteiger partial charge >= 0.3 is 0 Å². The average Bonchev–Trinajstić information content (AvgIpc) is 2.65. The van der Waals surface area contributed by atoms with Crippen LogP contribution in [0.4, 0.5) is 4.39 Å². The molecule has 18 heavy (non-hydrogen) atoms. The molecule has 3 rings (SSSR count). The summed E-state index contributed by atoms with van der Waals surface area (Å²) in [6.07, 6.45) is 3.74. The summed E-state index contributed by atoms with van der Waals surface area (Å²) < 4.78 is 15.5. The van der Waals surface area contributed by atoms with Crippen LogP contribution in [0.3, 0.4) is 0 Å². The molecule has 96 valence electrons. The molecule has 1 heterocycles. The van der Waals surface area contributed by atoms with Crippen LogP contribution in [0, 0.1) is 11.2 Å². The van der Waals surface area contributed by atoms with Crippen molar-refractivity contribution < 1.29 is 4.39 Å². The molecule has 0 atom stereocenters. The van der Waals surface area contributed by atoms with Gasteiger partial charge in [-0.25, -0.2) is 9.37 Å². The molecule has 0 aliphatic heterocycles. The Hall–Kier alpha value is -1.09. The van der Waals surface area contributed by atoms with Crippen molar-refractivity contribution in [3.8, 4) is 0 Å². The Morgan fingerprint density at radius 3 is 2.83 bits per heavy atom. The summed E-state index contributed by atoms with van der Waals surface area (Å²) in [7, 11) is 0. The van der Waals surface area contributed by atoms with Crippen molar-refractivity contribution in [2.24, 2.45) is 5.41 Å². The van der Waals surface area contributed by atoms with Crippen LogP contribution in [0.5, 0.6) is 0 Å². The Morgan fingerprint density at radius 1 is 1.44 bits per heavy atom. The zero-order valence-electron chi connectivity index (χ0n) is 10.4. The van der Waals surface area contributed by atoms with Gasteiger partial charge in [-0.05, 0) is 36.5 Å². The summed E-state index contributed by atoms with van der Waals surface area (Å²) in [5.41, 5.74) is 2.01. The molecule has 0 bridgehead atoms. The van der Waals surface area contributed by atoms with E-state index in [1.165, 1.54) is 25.3 Å². The summed E-state index contributed by atoms with van der Waals surface area (Å²) >= 11 is 5.96. The number of aromatic nitrogens is 2. The number of imidazole rings is 1. The molecule has 0 saturated heterocycles. The standard InChI is InChI=1S/C14H16ClFN2/c1-14(5-2-6-14)9-18-12-7-10(16)3-4-11(12)17-13(18)8-15/h3-4,7H,2,5-6,8-9H2,1H3. The number of fused-ring (bicyclic) bond motifs is 1. The molecular weight excluding hydrogens is 251 g/mol. The van der Waals surface area contributed by atoms with E-state index < -0.39 is 0 Å². The van der Waals surface area contributed by atoms with Gasteiger partial charge in [0.1, 0.15) is 11.6 Å². The first kappa shape index (κ1) is 12.0. The number of rotatable bonds is 3. The van der Waals surface area contributed by atoms with Crippen molar-refractivity contribution in [2.45, 2.75) is 38.6 Å². The molecule has 1 aliphatic carbocycles. The lowest BCUT2D eigenvalue weighted by Crippen LogP contribution is -2.31. The molecule has 0 radical (unpaired) electrons. The van der Waals surface area contributed by atoms with Gasteiger partial charge in [-0.2, -0.15) is 0 Å². The van der Waals surface area contributed by atoms with E-state index >= 15 is 0 Å². The van der Waals surface area contributed by atoms with E-state index in [4.69, 9.17) is 11.6 Å². The largest absolute Gasteiger partial charge is 0.326 e. The van der Waals surface area contributed by atoms with Crippen LogP contribution in [0.1, 0.15) is 32.0 Å². The number of alkyl halides is 1. The van der Waals surface area contributed by atoms with Crippen molar-refractivity contribution in [3.05, 3.63) is 29.8 Å². The lowest BCUT2D eigenvalue weighted by molar-refractivity contribution is 0.133. The van der Waals surface area contributed by atoms with Gasteiger partial charge in [-0.3, -0.25) is 0 Å². The van der Waals surface area contributed by atoms with Crippen LogP contribution < -0.4 is 0 Å². The zero-order valence-corrected chi connectivity index (χ0v) is 11.2. The predicted octanol–water partition coefficient (Wildman–Crippen LogP) is 4.10. The normalized spacial score (nSPS) is 17.9. The van der Waals surface area contributed by atoms with E-state index in [2.05, 4.69) is 16.5 Å². The van der Waals surface area contributed by atoms with E-state index in [1.54, 1.807) is 12.1 Å². The predicted molar refractivity (Wildman–Crippen MR) is 71.2 cm³/mol. The maximum Gasteiger partial charge on any atom is 0.125 e. The van der Waals surface area contributed by atoms with E-state index in [9.17, 15) is 4.39 Å². The Balaban J connectivity index is 2.09. The van der Waals surface area contributed by atoms with Crippen LogP contribution in [0.15, 0.2) is 18.2 Å². The molecule has 1 aromatic carbocycles.